The highest BCUT2D eigenvalue weighted by Gasteiger charge is 2.08. The van der Waals surface area contributed by atoms with Crippen molar-refractivity contribution in [1.29, 1.82) is 0 Å². The number of furan rings is 1. The summed E-state index contributed by atoms with van der Waals surface area (Å²) in [5.41, 5.74) is 0.858. The van der Waals surface area contributed by atoms with Crippen LogP contribution in [0.2, 0.25) is 0 Å². The van der Waals surface area contributed by atoms with Crippen LogP contribution >= 0.6 is 15.9 Å². The third kappa shape index (κ3) is 4.11. The van der Waals surface area contributed by atoms with E-state index in [1.54, 1.807) is 24.3 Å². The Bertz CT molecular complexity index is 570. The topological polar surface area (TPSA) is 79.1 Å². The molecule has 0 fully saturated rings. The van der Waals surface area contributed by atoms with Crippen molar-refractivity contribution in [3.8, 4) is 5.75 Å². The van der Waals surface area contributed by atoms with Gasteiger partial charge >= 0.3 is 0 Å². The normalized spacial score (nSPS) is 10.4. The number of benzene rings is 1. The van der Waals surface area contributed by atoms with Crippen molar-refractivity contribution < 1.29 is 19.6 Å². The molecule has 106 valence electrons. The molecule has 6 heteroatoms. The van der Waals surface area contributed by atoms with Crippen molar-refractivity contribution in [2.45, 2.75) is 6.54 Å². The van der Waals surface area contributed by atoms with Crippen LogP contribution in [0.15, 0.2) is 45.5 Å². The van der Waals surface area contributed by atoms with E-state index in [4.69, 9.17) is 4.42 Å². The second kappa shape index (κ2) is 7.12. The molecular formula is C14H16BrN2O3+. The summed E-state index contributed by atoms with van der Waals surface area (Å²) in [5, 5.41) is 14.5. The molecule has 2 aromatic rings. The lowest BCUT2D eigenvalue weighted by atomic mass is 10.2. The van der Waals surface area contributed by atoms with Crippen molar-refractivity contribution in [3.63, 3.8) is 0 Å². The second-order valence-corrected chi connectivity index (χ2v) is 5.20. The first kappa shape index (κ1) is 14.6. The summed E-state index contributed by atoms with van der Waals surface area (Å²) >= 11 is 3.37. The minimum absolute atomic E-state index is 0.214. The zero-order valence-corrected chi connectivity index (χ0v) is 12.4. The van der Waals surface area contributed by atoms with Gasteiger partial charge in [0.25, 0.3) is 5.91 Å². The Morgan fingerprint density at radius 1 is 1.40 bits per heavy atom. The number of hydrogen-bond donors (Lipinski definition) is 3. The monoisotopic (exact) mass is 339 g/mol. The van der Waals surface area contributed by atoms with Gasteiger partial charge in [-0.25, -0.2) is 0 Å². The third-order valence-corrected chi connectivity index (χ3v) is 3.28. The molecule has 1 amide bonds. The number of nitrogens with two attached hydrogens (primary N) is 1. The molecule has 5 nitrogen and oxygen atoms in total. The van der Waals surface area contributed by atoms with E-state index in [2.05, 4.69) is 21.2 Å². The van der Waals surface area contributed by atoms with E-state index in [9.17, 15) is 9.90 Å². The van der Waals surface area contributed by atoms with Crippen LogP contribution in [-0.2, 0) is 6.54 Å². The number of amides is 1. The molecule has 1 aromatic heterocycles. The first-order chi connectivity index (χ1) is 9.66. The molecule has 0 aliphatic carbocycles. The quantitative estimate of drug-likeness (QED) is 0.693. The van der Waals surface area contributed by atoms with E-state index < -0.39 is 0 Å². The number of carbonyl (C=O) groups excluding carboxylic acids is 1. The Balaban J connectivity index is 1.69. The lowest BCUT2D eigenvalue weighted by molar-refractivity contribution is -0.668. The lowest BCUT2D eigenvalue weighted by Gasteiger charge is -2.05. The van der Waals surface area contributed by atoms with Crippen LogP contribution in [0.3, 0.4) is 0 Å². The van der Waals surface area contributed by atoms with Crippen molar-refractivity contribution in [2.24, 2.45) is 0 Å². The maximum absolute atomic E-state index is 11.6. The van der Waals surface area contributed by atoms with Crippen LogP contribution in [0.25, 0.3) is 0 Å². The Labute approximate surface area is 125 Å². The summed E-state index contributed by atoms with van der Waals surface area (Å²) in [4.78, 5) is 11.6. The Morgan fingerprint density at radius 3 is 3.00 bits per heavy atom. The molecule has 4 N–H and O–H groups in total. The fraction of sp³-hybridized carbons (Fsp3) is 0.214. The molecule has 0 bridgehead atoms. The van der Waals surface area contributed by atoms with Gasteiger partial charge < -0.3 is 20.2 Å². The lowest BCUT2D eigenvalue weighted by Crippen LogP contribution is -2.84. The fourth-order valence-electron chi connectivity index (χ4n) is 1.76. The highest BCUT2D eigenvalue weighted by molar-refractivity contribution is 9.10. The van der Waals surface area contributed by atoms with Gasteiger partial charge in [-0.3, -0.25) is 4.79 Å². The summed E-state index contributed by atoms with van der Waals surface area (Å²) < 4.78 is 5.93. The van der Waals surface area contributed by atoms with Gasteiger partial charge in [0.15, 0.2) is 5.76 Å². The number of phenols is 1. The maximum atomic E-state index is 11.6. The van der Waals surface area contributed by atoms with Crippen molar-refractivity contribution in [3.05, 3.63) is 52.4 Å². The van der Waals surface area contributed by atoms with Crippen LogP contribution in [0.5, 0.6) is 5.75 Å². The van der Waals surface area contributed by atoms with E-state index in [1.807, 2.05) is 11.4 Å². The van der Waals surface area contributed by atoms with Crippen LogP contribution in [0, 0.1) is 0 Å². The Morgan fingerprint density at radius 2 is 2.25 bits per heavy atom. The van der Waals surface area contributed by atoms with Gasteiger partial charge in [0, 0.05) is 10.0 Å². The van der Waals surface area contributed by atoms with Crippen LogP contribution in [-0.4, -0.2) is 24.1 Å². The molecule has 0 radical (unpaired) electrons. The molecule has 0 saturated carbocycles. The van der Waals surface area contributed by atoms with Gasteiger partial charge in [0.05, 0.1) is 19.4 Å². The minimum Gasteiger partial charge on any atom is -0.507 e. The zero-order valence-electron chi connectivity index (χ0n) is 10.8. The number of halogens is 1. The minimum atomic E-state index is -0.214. The van der Waals surface area contributed by atoms with Gasteiger partial charge in [0.2, 0.25) is 0 Å². The van der Waals surface area contributed by atoms with Crippen molar-refractivity contribution in [2.75, 3.05) is 13.1 Å². The van der Waals surface area contributed by atoms with Crippen LogP contribution in [0.1, 0.15) is 16.1 Å². The molecule has 1 heterocycles. The Kier molecular flexibility index (Phi) is 5.20. The smallest absolute Gasteiger partial charge is 0.287 e. The molecule has 0 saturated heterocycles. The molecular weight excluding hydrogens is 324 g/mol. The van der Waals surface area contributed by atoms with Gasteiger partial charge in [-0.05, 0) is 30.3 Å². The first-order valence-corrected chi connectivity index (χ1v) is 7.07. The molecule has 20 heavy (non-hydrogen) atoms. The van der Waals surface area contributed by atoms with Gasteiger partial charge in [-0.1, -0.05) is 15.9 Å². The summed E-state index contributed by atoms with van der Waals surface area (Å²) in [5.74, 6) is 0.382. The standard InChI is InChI=1S/C14H15BrN2O3/c15-11-3-4-12(18)10(8-11)9-16-5-6-17-14(19)13-2-1-7-20-13/h1-4,7-8,16,18H,5-6,9H2,(H,17,19)/p+1. The van der Waals surface area contributed by atoms with E-state index >= 15 is 0 Å². The summed E-state index contributed by atoms with van der Waals surface area (Å²) in [7, 11) is 0. The van der Waals surface area contributed by atoms with E-state index in [-0.39, 0.29) is 11.7 Å². The maximum Gasteiger partial charge on any atom is 0.287 e. The van der Waals surface area contributed by atoms with E-state index in [1.165, 1.54) is 6.26 Å². The van der Waals surface area contributed by atoms with Gasteiger partial charge in [-0.15, -0.1) is 0 Å². The van der Waals surface area contributed by atoms with Crippen LogP contribution < -0.4 is 10.6 Å². The molecule has 1 aromatic carbocycles. The predicted octanol–water partition coefficient (Wildman–Crippen LogP) is 1.24. The molecule has 0 aliphatic rings. The zero-order chi connectivity index (χ0) is 14.4. The molecule has 2 rings (SSSR count). The molecule has 0 atom stereocenters. The van der Waals surface area contributed by atoms with E-state index in [0.717, 1.165) is 16.6 Å². The number of nitrogens with one attached hydrogen (secondary N) is 1. The third-order valence-electron chi connectivity index (χ3n) is 2.78. The fourth-order valence-corrected chi connectivity index (χ4v) is 2.17. The highest BCUT2D eigenvalue weighted by Crippen LogP contribution is 2.20. The van der Waals surface area contributed by atoms with Gasteiger partial charge in [-0.2, -0.15) is 0 Å². The number of carbonyl (C=O) groups is 1. The average Bonchev–Trinajstić information content (AvgIpc) is 2.96. The summed E-state index contributed by atoms with van der Waals surface area (Å²) in [6.45, 7) is 1.91. The number of phenolic OH excluding ortho intramolecular Hbond substituents is 1. The van der Waals surface area contributed by atoms with Crippen molar-refractivity contribution in [1.82, 2.24) is 5.32 Å². The largest absolute Gasteiger partial charge is 0.507 e. The highest BCUT2D eigenvalue weighted by atomic mass is 79.9. The summed E-state index contributed by atoms with van der Waals surface area (Å²) in [6.07, 6.45) is 1.47. The molecule has 0 spiro atoms. The SMILES string of the molecule is O=C(NCC[NH2+]Cc1cc(Br)ccc1O)c1ccco1. The number of rotatable bonds is 6. The van der Waals surface area contributed by atoms with Gasteiger partial charge in [0.1, 0.15) is 12.3 Å². The first-order valence-electron chi connectivity index (χ1n) is 6.27. The molecule has 0 unspecified atom stereocenters. The number of quaternary nitrogens is 1. The number of hydrogen-bond acceptors (Lipinski definition) is 3. The summed E-state index contributed by atoms with van der Waals surface area (Å²) in [6, 6.07) is 8.64. The second-order valence-electron chi connectivity index (χ2n) is 4.29. The number of aromatic hydroxyl groups is 1. The van der Waals surface area contributed by atoms with E-state index in [0.29, 0.717) is 18.8 Å². The molecule has 0 aliphatic heterocycles. The Hall–Kier alpha value is -1.79. The predicted molar refractivity (Wildman–Crippen MR) is 77.3 cm³/mol. The average molecular weight is 340 g/mol. The van der Waals surface area contributed by atoms with Crippen molar-refractivity contribution >= 4 is 21.8 Å². The van der Waals surface area contributed by atoms with Crippen LogP contribution in [0.4, 0.5) is 0 Å².